The number of pyridine rings is 1. The second kappa shape index (κ2) is 5.71. The molecule has 2 heterocycles. The van der Waals surface area contributed by atoms with Crippen molar-refractivity contribution in [3.05, 3.63) is 23.9 Å². The minimum Gasteiger partial charge on any atom is -0.333 e. The Labute approximate surface area is 119 Å². The van der Waals surface area contributed by atoms with Crippen LogP contribution in [0.4, 0.5) is 19.0 Å². The van der Waals surface area contributed by atoms with Gasteiger partial charge in [0, 0.05) is 19.2 Å². The number of anilines is 1. The largest absolute Gasteiger partial charge is 0.406 e. The zero-order valence-corrected chi connectivity index (χ0v) is 11.3. The first kappa shape index (κ1) is 15.3. The molecule has 1 saturated heterocycles. The third kappa shape index (κ3) is 4.17. The lowest BCUT2D eigenvalue weighted by molar-refractivity contribution is -0.157. The van der Waals surface area contributed by atoms with Crippen LogP contribution in [0.15, 0.2) is 18.3 Å². The first-order chi connectivity index (χ1) is 9.74. The molecule has 2 amide bonds. The van der Waals surface area contributed by atoms with Gasteiger partial charge in [0.05, 0.1) is 5.92 Å². The number of carbonyl (C=O) groups excluding carboxylic acids is 2. The number of alkyl halides is 3. The predicted octanol–water partition coefficient (Wildman–Crippen LogP) is 1.74. The number of rotatable bonds is 3. The molecule has 0 radical (unpaired) electrons. The molecule has 0 aliphatic carbocycles. The Morgan fingerprint density at radius 3 is 2.86 bits per heavy atom. The van der Waals surface area contributed by atoms with E-state index in [1.807, 2.05) is 6.92 Å². The first-order valence-electron chi connectivity index (χ1n) is 6.32. The number of hydrogen-bond acceptors (Lipinski definition) is 3. The Balaban J connectivity index is 1.97. The summed E-state index contributed by atoms with van der Waals surface area (Å²) in [6, 6.07) is 3.39. The lowest BCUT2D eigenvalue weighted by atomic mass is 10.1. The molecule has 0 saturated carbocycles. The molecule has 1 fully saturated rings. The van der Waals surface area contributed by atoms with Crippen molar-refractivity contribution < 1.29 is 22.8 Å². The molecule has 1 aromatic rings. The Morgan fingerprint density at radius 2 is 2.24 bits per heavy atom. The number of halogens is 3. The Hall–Kier alpha value is -2.12. The van der Waals surface area contributed by atoms with Gasteiger partial charge < -0.3 is 10.2 Å². The second-order valence-electron chi connectivity index (χ2n) is 5.00. The first-order valence-corrected chi connectivity index (χ1v) is 6.32. The fourth-order valence-electron chi connectivity index (χ4n) is 2.15. The fourth-order valence-corrected chi connectivity index (χ4v) is 2.15. The molecule has 5 nitrogen and oxygen atoms in total. The molecule has 0 spiro atoms. The highest BCUT2D eigenvalue weighted by Crippen LogP contribution is 2.24. The van der Waals surface area contributed by atoms with Crippen molar-refractivity contribution in [2.45, 2.75) is 19.5 Å². The minimum absolute atomic E-state index is 0.215. The van der Waals surface area contributed by atoms with Crippen molar-refractivity contribution in [3.8, 4) is 0 Å². The molecule has 114 valence electrons. The van der Waals surface area contributed by atoms with Crippen LogP contribution in [-0.4, -0.2) is 41.0 Å². The molecular formula is C13H14F3N3O2. The number of nitrogens with zero attached hydrogens (tertiary/aromatic N) is 2. The van der Waals surface area contributed by atoms with Gasteiger partial charge in [-0.15, -0.1) is 0 Å². The predicted molar refractivity (Wildman–Crippen MR) is 68.3 cm³/mol. The van der Waals surface area contributed by atoms with Crippen molar-refractivity contribution >= 4 is 17.6 Å². The van der Waals surface area contributed by atoms with E-state index in [0.29, 0.717) is 10.7 Å². The van der Waals surface area contributed by atoms with Crippen molar-refractivity contribution in [2.75, 3.05) is 18.4 Å². The molecule has 0 unspecified atom stereocenters. The van der Waals surface area contributed by atoms with Crippen LogP contribution in [-0.2, 0) is 9.59 Å². The van der Waals surface area contributed by atoms with Gasteiger partial charge in [-0.1, -0.05) is 0 Å². The van der Waals surface area contributed by atoms with Crippen molar-refractivity contribution in [3.63, 3.8) is 0 Å². The standard InChI is InChI=1S/C13H14F3N3O2/c1-8-2-3-17-10(4-8)18-12(21)9-5-11(20)19(6-9)7-13(14,15)16/h2-4,9H,5-7H2,1H3,(H,17,18,21)/t9-/m0/s1. The van der Waals surface area contributed by atoms with Gasteiger partial charge >= 0.3 is 6.18 Å². The van der Waals surface area contributed by atoms with Crippen LogP contribution in [0, 0.1) is 12.8 Å². The number of aryl methyl sites for hydroxylation is 1. The third-order valence-electron chi connectivity index (χ3n) is 3.12. The van der Waals surface area contributed by atoms with E-state index in [-0.39, 0.29) is 13.0 Å². The lowest BCUT2D eigenvalue weighted by Crippen LogP contribution is -2.36. The molecule has 0 bridgehead atoms. The van der Waals surface area contributed by atoms with Crippen molar-refractivity contribution in [1.29, 1.82) is 0 Å². The summed E-state index contributed by atoms with van der Waals surface area (Å²) in [4.78, 5) is 28.1. The van der Waals surface area contributed by atoms with Crippen LogP contribution in [0.5, 0.6) is 0 Å². The van der Waals surface area contributed by atoms with Crippen LogP contribution in [0.1, 0.15) is 12.0 Å². The number of aromatic nitrogens is 1. The topological polar surface area (TPSA) is 62.3 Å². The van der Waals surface area contributed by atoms with E-state index in [4.69, 9.17) is 0 Å². The Kier molecular flexibility index (Phi) is 4.15. The molecule has 1 aliphatic heterocycles. The molecule has 2 rings (SSSR count). The smallest absolute Gasteiger partial charge is 0.333 e. The minimum atomic E-state index is -4.46. The van der Waals surface area contributed by atoms with Crippen LogP contribution < -0.4 is 5.32 Å². The van der Waals surface area contributed by atoms with E-state index in [2.05, 4.69) is 10.3 Å². The van der Waals surface area contributed by atoms with Gasteiger partial charge in [-0.3, -0.25) is 9.59 Å². The maximum atomic E-state index is 12.3. The van der Waals surface area contributed by atoms with Gasteiger partial charge in [-0.2, -0.15) is 13.2 Å². The highest BCUT2D eigenvalue weighted by Gasteiger charge is 2.40. The highest BCUT2D eigenvalue weighted by molar-refractivity contribution is 5.96. The van der Waals surface area contributed by atoms with E-state index in [1.165, 1.54) is 6.20 Å². The van der Waals surface area contributed by atoms with E-state index < -0.39 is 30.5 Å². The third-order valence-corrected chi connectivity index (χ3v) is 3.12. The van der Waals surface area contributed by atoms with E-state index >= 15 is 0 Å². The van der Waals surface area contributed by atoms with Crippen LogP contribution in [0.2, 0.25) is 0 Å². The lowest BCUT2D eigenvalue weighted by Gasteiger charge is -2.18. The van der Waals surface area contributed by atoms with E-state index in [0.717, 1.165) is 5.56 Å². The van der Waals surface area contributed by atoms with Crippen molar-refractivity contribution in [1.82, 2.24) is 9.88 Å². The van der Waals surface area contributed by atoms with Crippen LogP contribution in [0.3, 0.4) is 0 Å². The summed E-state index contributed by atoms with van der Waals surface area (Å²) in [5.41, 5.74) is 0.890. The molecule has 21 heavy (non-hydrogen) atoms. The highest BCUT2D eigenvalue weighted by atomic mass is 19.4. The number of likely N-dealkylation sites (tertiary alicyclic amines) is 1. The van der Waals surface area contributed by atoms with Crippen LogP contribution >= 0.6 is 0 Å². The Morgan fingerprint density at radius 1 is 1.52 bits per heavy atom. The number of nitrogens with one attached hydrogen (secondary N) is 1. The summed E-state index contributed by atoms with van der Waals surface area (Å²) in [6.45, 7) is 0.274. The van der Waals surface area contributed by atoms with Gasteiger partial charge in [0.1, 0.15) is 12.4 Å². The zero-order chi connectivity index (χ0) is 15.6. The molecule has 0 aromatic carbocycles. The van der Waals surface area contributed by atoms with Gasteiger partial charge in [-0.05, 0) is 24.6 Å². The molecule has 1 aliphatic rings. The maximum absolute atomic E-state index is 12.3. The Bertz CT molecular complexity index is 560. The average molecular weight is 301 g/mol. The maximum Gasteiger partial charge on any atom is 0.406 e. The summed E-state index contributed by atoms with van der Waals surface area (Å²) < 4.78 is 36.9. The quantitative estimate of drug-likeness (QED) is 0.925. The zero-order valence-electron chi connectivity index (χ0n) is 11.3. The average Bonchev–Trinajstić information content (AvgIpc) is 2.69. The molecule has 1 atom stereocenters. The summed E-state index contributed by atoms with van der Waals surface area (Å²) in [7, 11) is 0. The summed E-state index contributed by atoms with van der Waals surface area (Å²) in [5.74, 6) is -1.63. The van der Waals surface area contributed by atoms with Gasteiger partial charge in [0.25, 0.3) is 0 Å². The molecule has 1 aromatic heterocycles. The normalized spacial score (nSPS) is 19.0. The molecule has 1 N–H and O–H groups in total. The van der Waals surface area contributed by atoms with E-state index in [1.54, 1.807) is 12.1 Å². The second-order valence-corrected chi connectivity index (χ2v) is 5.00. The number of carbonyl (C=O) groups is 2. The summed E-state index contributed by atoms with van der Waals surface area (Å²) in [6.07, 6.45) is -3.16. The summed E-state index contributed by atoms with van der Waals surface area (Å²) >= 11 is 0. The van der Waals surface area contributed by atoms with Crippen LogP contribution in [0.25, 0.3) is 0 Å². The van der Waals surface area contributed by atoms with Crippen molar-refractivity contribution in [2.24, 2.45) is 5.92 Å². The van der Waals surface area contributed by atoms with E-state index in [9.17, 15) is 22.8 Å². The number of amides is 2. The fraction of sp³-hybridized carbons (Fsp3) is 0.462. The van der Waals surface area contributed by atoms with Gasteiger partial charge in [0.2, 0.25) is 11.8 Å². The molecular weight excluding hydrogens is 287 g/mol. The molecule has 8 heteroatoms. The number of hydrogen-bond donors (Lipinski definition) is 1. The summed E-state index contributed by atoms with van der Waals surface area (Å²) in [5, 5.41) is 2.52. The van der Waals surface area contributed by atoms with Gasteiger partial charge in [0.15, 0.2) is 0 Å². The SMILES string of the molecule is Cc1ccnc(NC(=O)[C@H]2CC(=O)N(CC(F)(F)F)C2)c1. The monoisotopic (exact) mass is 301 g/mol. The van der Waals surface area contributed by atoms with Gasteiger partial charge in [-0.25, -0.2) is 4.98 Å².